The highest BCUT2D eigenvalue weighted by molar-refractivity contribution is 6.08. The fraction of sp³-hybridized carbons (Fsp3) is 0.372. The quantitative estimate of drug-likeness (QED) is 0.180. The molecule has 1 spiro atoms. The van der Waals surface area contributed by atoms with Crippen LogP contribution in [-0.2, 0) is 43.2 Å². The van der Waals surface area contributed by atoms with Crippen LogP contribution in [0.5, 0.6) is 5.75 Å². The number of benzene rings is 4. The number of fused-ring (bicyclic) bond motifs is 2. The van der Waals surface area contributed by atoms with Gasteiger partial charge in [0.05, 0.1) is 45.0 Å². The van der Waals surface area contributed by atoms with Crippen molar-refractivity contribution in [1.82, 2.24) is 4.90 Å². The van der Waals surface area contributed by atoms with E-state index in [1.54, 1.807) is 21.8 Å². The van der Waals surface area contributed by atoms with Gasteiger partial charge in [-0.05, 0) is 52.4 Å². The van der Waals surface area contributed by atoms with E-state index in [4.69, 9.17) is 14.2 Å². The van der Waals surface area contributed by atoms with Gasteiger partial charge >= 0.3 is 6.09 Å². The molecule has 0 aliphatic carbocycles. The number of hydrogen-bond donors (Lipinski definition) is 1. The Hall–Kier alpha value is -5.19. The lowest BCUT2D eigenvalue weighted by Crippen LogP contribution is -2.45. The van der Waals surface area contributed by atoms with E-state index in [1.807, 2.05) is 103 Å². The summed E-state index contributed by atoms with van der Waals surface area (Å²) in [6.07, 6.45) is -1.11. The Balaban J connectivity index is 1.34. The molecule has 0 bridgehead atoms. The number of cyclic esters (lactones) is 1. The summed E-state index contributed by atoms with van der Waals surface area (Å²) in [5.41, 5.74) is 2.90. The van der Waals surface area contributed by atoms with Gasteiger partial charge in [0.15, 0.2) is 5.60 Å². The lowest BCUT2D eigenvalue weighted by atomic mass is 9.63. The van der Waals surface area contributed by atoms with Crippen molar-refractivity contribution in [3.63, 3.8) is 0 Å². The molecule has 10 heteroatoms. The lowest BCUT2D eigenvalue weighted by Gasteiger charge is -2.39. The number of methoxy groups -OCH3 is 1. The van der Waals surface area contributed by atoms with Crippen LogP contribution in [0.3, 0.4) is 0 Å². The van der Waals surface area contributed by atoms with Crippen molar-refractivity contribution >= 4 is 29.3 Å². The molecule has 2 fully saturated rings. The fourth-order valence-electron chi connectivity index (χ4n) is 8.74. The first-order valence-electron chi connectivity index (χ1n) is 18.3. The second-order valence-electron chi connectivity index (χ2n) is 14.7. The molecule has 3 heterocycles. The fourth-order valence-corrected chi connectivity index (χ4v) is 8.74. The van der Waals surface area contributed by atoms with Crippen molar-refractivity contribution in [3.05, 3.63) is 125 Å². The van der Waals surface area contributed by atoms with Crippen LogP contribution >= 0.6 is 0 Å². The molecule has 0 aromatic heterocycles. The predicted octanol–water partition coefficient (Wildman–Crippen LogP) is 6.43. The molecule has 4 aromatic carbocycles. The van der Waals surface area contributed by atoms with Gasteiger partial charge in [-0.3, -0.25) is 14.5 Å². The van der Waals surface area contributed by atoms with Crippen molar-refractivity contribution < 1.29 is 33.7 Å². The number of carbonyl (C=O) groups is 3. The summed E-state index contributed by atoms with van der Waals surface area (Å²) in [7, 11) is 1.63. The maximum atomic E-state index is 15.3. The summed E-state index contributed by atoms with van der Waals surface area (Å²) in [4.78, 5) is 47.4. The second-order valence-corrected chi connectivity index (χ2v) is 14.7. The first-order valence-corrected chi connectivity index (χ1v) is 18.3. The van der Waals surface area contributed by atoms with Gasteiger partial charge in [-0.15, -0.1) is 0 Å². The van der Waals surface area contributed by atoms with E-state index in [0.717, 1.165) is 22.4 Å². The second kappa shape index (κ2) is 14.7. The number of nitrogens with zero attached hydrogens (tertiary/aromatic N) is 3. The molecule has 276 valence electrons. The Labute approximate surface area is 310 Å². The smallest absolute Gasteiger partial charge is 0.414 e. The minimum absolute atomic E-state index is 0.00259. The normalized spacial score (nSPS) is 22.3. The zero-order valence-electron chi connectivity index (χ0n) is 30.7. The summed E-state index contributed by atoms with van der Waals surface area (Å²) < 4.78 is 18.0. The summed E-state index contributed by atoms with van der Waals surface area (Å²) in [5.74, 6) is -0.375. The molecule has 4 atom stereocenters. The standard InChI is InChI=1S/C43H47N3O7/c1-29-39(42(2,3)32-15-18-34(51-4)19-16-32)37(26-38(48)44(21-23-47)27-30-11-7-5-8-12-30)53-43(29)35-25-33(45-22-24-52-41(45)50)17-20-36(35)46(40(43)49)28-31-13-9-6-10-14-31/h5-20,25,29,37,39,47H,21-24,26-28H2,1-4H3/t29-,37+,39-,43+/m0/s1. The molecule has 3 aliphatic heterocycles. The molecule has 4 aromatic rings. The summed E-state index contributed by atoms with van der Waals surface area (Å²) >= 11 is 0. The van der Waals surface area contributed by atoms with E-state index in [2.05, 4.69) is 20.8 Å². The maximum Gasteiger partial charge on any atom is 0.414 e. The minimum Gasteiger partial charge on any atom is -0.497 e. The van der Waals surface area contributed by atoms with Gasteiger partial charge in [0.25, 0.3) is 5.91 Å². The number of carbonyl (C=O) groups excluding carboxylic acids is 3. The first kappa shape index (κ1) is 36.2. The van der Waals surface area contributed by atoms with Crippen LogP contribution in [0, 0.1) is 11.8 Å². The van der Waals surface area contributed by atoms with Crippen LogP contribution in [0.4, 0.5) is 16.2 Å². The highest BCUT2D eigenvalue weighted by Crippen LogP contribution is 2.60. The lowest BCUT2D eigenvalue weighted by molar-refractivity contribution is -0.150. The van der Waals surface area contributed by atoms with Crippen LogP contribution in [0.1, 0.15) is 49.4 Å². The third-order valence-corrected chi connectivity index (χ3v) is 11.4. The maximum absolute atomic E-state index is 15.3. The Morgan fingerprint density at radius 3 is 2.26 bits per heavy atom. The van der Waals surface area contributed by atoms with Crippen molar-refractivity contribution in [1.29, 1.82) is 0 Å². The number of amides is 3. The molecule has 10 nitrogen and oxygen atoms in total. The molecule has 1 N–H and O–H groups in total. The van der Waals surface area contributed by atoms with Gasteiger partial charge in [0.1, 0.15) is 12.4 Å². The number of hydrogen-bond acceptors (Lipinski definition) is 7. The van der Waals surface area contributed by atoms with Crippen molar-refractivity contribution in [2.24, 2.45) is 11.8 Å². The van der Waals surface area contributed by atoms with E-state index < -0.39 is 29.1 Å². The van der Waals surface area contributed by atoms with E-state index in [9.17, 15) is 14.7 Å². The summed E-state index contributed by atoms with van der Waals surface area (Å²) in [6, 6.07) is 33.1. The molecule has 3 amide bonds. The number of aliphatic hydroxyl groups excluding tert-OH is 1. The van der Waals surface area contributed by atoms with Crippen LogP contribution in [-0.4, -0.2) is 67.4 Å². The number of ether oxygens (including phenoxy) is 3. The Morgan fingerprint density at radius 2 is 1.64 bits per heavy atom. The van der Waals surface area contributed by atoms with Gasteiger partial charge < -0.3 is 29.1 Å². The van der Waals surface area contributed by atoms with Crippen molar-refractivity contribution in [2.45, 2.75) is 57.4 Å². The third-order valence-electron chi connectivity index (χ3n) is 11.4. The van der Waals surface area contributed by atoms with Gasteiger partial charge in [0.2, 0.25) is 5.91 Å². The molecule has 2 saturated heterocycles. The van der Waals surface area contributed by atoms with Crippen LogP contribution in [0.15, 0.2) is 103 Å². The average molecular weight is 718 g/mol. The molecule has 0 radical (unpaired) electrons. The molecular formula is C43H47N3O7. The molecule has 7 rings (SSSR count). The van der Waals surface area contributed by atoms with E-state index in [0.29, 0.717) is 36.6 Å². The highest BCUT2D eigenvalue weighted by atomic mass is 16.6. The molecule has 3 aliphatic rings. The molecular weight excluding hydrogens is 670 g/mol. The Morgan fingerprint density at radius 1 is 0.962 bits per heavy atom. The highest BCUT2D eigenvalue weighted by Gasteiger charge is 2.66. The zero-order valence-corrected chi connectivity index (χ0v) is 30.7. The number of aliphatic hydroxyl groups is 1. The number of anilines is 2. The largest absolute Gasteiger partial charge is 0.497 e. The van der Waals surface area contributed by atoms with E-state index in [1.165, 1.54) is 0 Å². The minimum atomic E-state index is -1.45. The monoisotopic (exact) mass is 717 g/mol. The van der Waals surface area contributed by atoms with Crippen LogP contribution in [0.2, 0.25) is 0 Å². The number of rotatable bonds is 12. The predicted molar refractivity (Wildman–Crippen MR) is 202 cm³/mol. The SMILES string of the molecule is COc1ccc(C(C)(C)[C@@H]2[C@@H](CC(=O)N(CCO)Cc3ccccc3)O[C@]3(C(=O)N(Cc4ccccc4)c4ccc(N5CCOC5=O)cc43)[C@H]2C)cc1. The first-order chi connectivity index (χ1) is 25.6. The topological polar surface area (TPSA) is 109 Å². The average Bonchev–Trinajstić information content (AvgIpc) is 3.80. The Kier molecular flexibility index (Phi) is 10.0. The third kappa shape index (κ3) is 6.55. The van der Waals surface area contributed by atoms with Crippen LogP contribution in [0.25, 0.3) is 0 Å². The van der Waals surface area contributed by atoms with Gasteiger partial charge in [-0.2, -0.15) is 0 Å². The Bertz CT molecular complexity index is 1950. The van der Waals surface area contributed by atoms with E-state index in [-0.39, 0.29) is 43.9 Å². The summed E-state index contributed by atoms with van der Waals surface area (Å²) in [6.45, 7) is 7.66. The molecule has 0 saturated carbocycles. The van der Waals surface area contributed by atoms with Gasteiger partial charge in [-0.25, -0.2) is 4.79 Å². The van der Waals surface area contributed by atoms with Gasteiger partial charge in [-0.1, -0.05) is 93.6 Å². The van der Waals surface area contributed by atoms with Crippen molar-refractivity contribution in [2.75, 3.05) is 43.2 Å². The van der Waals surface area contributed by atoms with E-state index >= 15 is 4.79 Å². The van der Waals surface area contributed by atoms with Crippen LogP contribution < -0.4 is 14.5 Å². The molecule has 53 heavy (non-hydrogen) atoms. The molecule has 0 unspecified atom stereocenters. The summed E-state index contributed by atoms with van der Waals surface area (Å²) in [5, 5.41) is 10.0. The van der Waals surface area contributed by atoms with Gasteiger partial charge in [0, 0.05) is 36.2 Å². The zero-order chi connectivity index (χ0) is 37.3. The van der Waals surface area contributed by atoms with Crippen molar-refractivity contribution in [3.8, 4) is 5.75 Å².